The number of rotatable bonds is 8. The molecule has 0 spiro atoms. The van der Waals surface area contributed by atoms with E-state index in [-0.39, 0.29) is 0 Å². The van der Waals surface area contributed by atoms with Crippen LogP contribution in [0.2, 0.25) is 0 Å². The molecule has 1 saturated carbocycles. The van der Waals surface area contributed by atoms with Crippen molar-refractivity contribution in [3.63, 3.8) is 0 Å². The lowest BCUT2D eigenvalue weighted by atomic mass is 10.0. The van der Waals surface area contributed by atoms with Gasteiger partial charge in [0.05, 0.1) is 0 Å². The molecule has 1 rings (SSSR count). The number of hydrogen-bond acceptors (Lipinski definition) is 2. The van der Waals surface area contributed by atoms with Gasteiger partial charge in [0.1, 0.15) is 0 Å². The molecule has 3 unspecified atom stereocenters. The third kappa shape index (κ3) is 5.70. The Kier molecular flexibility index (Phi) is 7.35. The second-order valence-corrected chi connectivity index (χ2v) is 6.42. The summed E-state index contributed by atoms with van der Waals surface area (Å²) in [7, 11) is 1.86. The first-order valence-electron chi connectivity index (χ1n) is 8.22. The summed E-state index contributed by atoms with van der Waals surface area (Å²) in [6, 6.07) is 1.21. The minimum atomic E-state index is 0.583. The largest absolute Gasteiger partial charge is 0.355 e. The van der Waals surface area contributed by atoms with E-state index in [1.165, 1.54) is 12.8 Å². The lowest BCUT2D eigenvalue weighted by Crippen LogP contribution is -2.48. The third-order valence-corrected chi connectivity index (χ3v) is 4.23. The summed E-state index contributed by atoms with van der Waals surface area (Å²) in [4.78, 5) is 6.88. The van der Waals surface area contributed by atoms with Crippen LogP contribution in [0.5, 0.6) is 0 Å². The smallest absolute Gasteiger partial charge is 0.191 e. The normalized spacial score (nSPS) is 24.1. The zero-order valence-electron chi connectivity index (χ0n) is 14.2. The molecule has 0 radical (unpaired) electrons. The molecule has 1 aliphatic carbocycles. The van der Waals surface area contributed by atoms with Crippen LogP contribution < -0.4 is 10.6 Å². The Morgan fingerprint density at radius 1 is 1.30 bits per heavy atom. The second-order valence-electron chi connectivity index (χ2n) is 6.42. The van der Waals surface area contributed by atoms with Crippen LogP contribution in [0.1, 0.15) is 47.5 Å². The number of hydrogen-bond donors (Lipinski definition) is 2. The van der Waals surface area contributed by atoms with Gasteiger partial charge >= 0.3 is 0 Å². The molecule has 0 amide bonds. The van der Waals surface area contributed by atoms with Crippen LogP contribution in [-0.2, 0) is 0 Å². The quantitative estimate of drug-likeness (QED) is 0.530. The van der Waals surface area contributed by atoms with Gasteiger partial charge in [-0.15, -0.1) is 0 Å². The fraction of sp³-hybridized carbons (Fsp3) is 0.938. The van der Waals surface area contributed by atoms with Crippen molar-refractivity contribution in [1.82, 2.24) is 15.5 Å². The van der Waals surface area contributed by atoms with Gasteiger partial charge < -0.3 is 10.6 Å². The maximum atomic E-state index is 4.34. The van der Waals surface area contributed by atoms with Gasteiger partial charge in [-0.05, 0) is 37.8 Å². The van der Waals surface area contributed by atoms with Gasteiger partial charge in [0.2, 0.25) is 0 Å². The van der Waals surface area contributed by atoms with Gasteiger partial charge in [0.15, 0.2) is 5.96 Å². The molecule has 118 valence electrons. The molecule has 0 aromatic rings. The first kappa shape index (κ1) is 17.3. The topological polar surface area (TPSA) is 39.7 Å². The van der Waals surface area contributed by atoms with Gasteiger partial charge in [-0.25, -0.2) is 0 Å². The first-order valence-corrected chi connectivity index (χ1v) is 8.22. The predicted octanol–water partition coefficient (Wildman–Crippen LogP) is 2.32. The van der Waals surface area contributed by atoms with Crippen molar-refractivity contribution < 1.29 is 0 Å². The Labute approximate surface area is 125 Å². The molecule has 0 bridgehead atoms. The van der Waals surface area contributed by atoms with Crippen molar-refractivity contribution in [1.29, 1.82) is 0 Å². The standard InChI is InChI=1S/C16H34N4/c1-7-20(8-2)14(9-12(3)4)11-18-16(17-6)19-15-10-13(15)5/h12-15H,7-11H2,1-6H3,(H2,17,18,19). The molecule has 0 aromatic carbocycles. The van der Waals surface area contributed by atoms with Crippen molar-refractivity contribution in [3.8, 4) is 0 Å². The molecule has 3 atom stereocenters. The van der Waals surface area contributed by atoms with Gasteiger partial charge in [-0.1, -0.05) is 34.6 Å². The average Bonchev–Trinajstić information content (AvgIpc) is 3.10. The predicted molar refractivity (Wildman–Crippen MR) is 88.2 cm³/mol. The van der Waals surface area contributed by atoms with E-state index in [1.807, 2.05) is 7.05 Å². The van der Waals surface area contributed by atoms with E-state index in [9.17, 15) is 0 Å². The van der Waals surface area contributed by atoms with Crippen molar-refractivity contribution >= 4 is 5.96 Å². The molecular formula is C16H34N4. The highest BCUT2D eigenvalue weighted by molar-refractivity contribution is 5.80. The van der Waals surface area contributed by atoms with Gasteiger partial charge in [0, 0.05) is 25.7 Å². The SMILES string of the molecule is CCN(CC)C(CNC(=NC)NC1CC1C)CC(C)C. The number of likely N-dealkylation sites (N-methyl/N-ethyl adjacent to an activating group) is 1. The fourth-order valence-corrected chi connectivity index (χ4v) is 2.75. The van der Waals surface area contributed by atoms with Crippen LogP contribution in [0.3, 0.4) is 0 Å². The second kappa shape index (κ2) is 8.50. The molecule has 0 aromatic heterocycles. The number of nitrogens with one attached hydrogen (secondary N) is 2. The molecule has 4 heteroatoms. The van der Waals surface area contributed by atoms with Crippen molar-refractivity contribution in [3.05, 3.63) is 0 Å². The van der Waals surface area contributed by atoms with Crippen LogP contribution in [-0.4, -0.2) is 49.6 Å². The summed E-state index contributed by atoms with van der Waals surface area (Å²) in [5.74, 6) is 2.48. The van der Waals surface area contributed by atoms with Crippen molar-refractivity contribution in [2.45, 2.75) is 59.5 Å². The zero-order chi connectivity index (χ0) is 15.1. The van der Waals surface area contributed by atoms with E-state index in [4.69, 9.17) is 0 Å². The van der Waals surface area contributed by atoms with Gasteiger partial charge in [0.25, 0.3) is 0 Å². The summed E-state index contributed by atoms with van der Waals surface area (Å²) >= 11 is 0. The summed E-state index contributed by atoms with van der Waals surface area (Å²) in [5.41, 5.74) is 0. The lowest BCUT2D eigenvalue weighted by Gasteiger charge is -2.31. The maximum absolute atomic E-state index is 4.34. The van der Waals surface area contributed by atoms with Crippen molar-refractivity contribution in [2.24, 2.45) is 16.8 Å². The van der Waals surface area contributed by atoms with Gasteiger partial charge in [-0.2, -0.15) is 0 Å². The average molecular weight is 282 g/mol. The van der Waals surface area contributed by atoms with E-state index in [1.54, 1.807) is 0 Å². The van der Waals surface area contributed by atoms with E-state index < -0.39 is 0 Å². The lowest BCUT2D eigenvalue weighted by molar-refractivity contribution is 0.191. The fourth-order valence-electron chi connectivity index (χ4n) is 2.75. The molecule has 0 aliphatic heterocycles. The molecule has 2 N–H and O–H groups in total. The summed E-state index contributed by atoms with van der Waals surface area (Å²) in [6.45, 7) is 14.6. The van der Waals surface area contributed by atoms with E-state index in [2.05, 4.69) is 55.1 Å². The van der Waals surface area contributed by atoms with Crippen LogP contribution in [0, 0.1) is 11.8 Å². The molecule has 1 fully saturated rings. The molecule has 0 heterocycles. The summed E-state index contributed by atoms with van der Waals surface area (Å²) in [6.07, 6.45) is 2.50. The number of guanidine groups is 1. The Bertz CT molecular complexity index is 297. The molecule has 1 aliphatic rings. The van der Waals surface area contributed by atoms with Crippen molar-refractivity contribution in [2.75, 3.05) is 26.7 Å². The summed E-state index contributed by atoms with van der Waals surface area (Å²) < 4.78 is 0. The third-order valence-electron chi connectivity index (χ3n) is 4.23. The molecule has 0 saturated heterocycles. The Balaban J connectivity index is 2.46. The monoisotopic (exact) mass is 282 g/mol. The van der Waals surface area contributed by atoms with Crippen LogP contribution in [0.15, 0.2) is 4.99 Å². The van der Waals surface area contributed by atoms with Gasteiger partial charge in [-0.3, -0.25) is 9.89 Å². The van der Waals surface area contributed by atoms with E-state index >= 15 is 0 Å². The van der Waals surface area contributed by atoms with Crippen LogP contribution in [0.25, 0.3) is 0 Å². The minimum Gasteiger partial charge on any atom is -0.355 e. The highest BCUT2D eigenvalue weighted by atomic mass is 15.2. The first-order chi connectivity index (χ1) is 9.51. The molecular weight excluding hydrogens is 248 g/mol. The molecule has 4 nitrogen and oxygen atoms in total. The zero-order valence-corrected chi connectivity index (χ0v) is 14.2. The minimum absolute atomic E-state index is 0.583. The van der Waals surface area contributed by atoms with E-state index in [0.717, 1.165) is 37.4 Å². The molecule has 20 heavy (non-hydrogen) atoms. The van der Waals surface area contributed by atoms with E-state index in [0.29, 0.717) is 12.1 Å². The summed E-state index contributed by atoms with van der Waals surface area (Å²) in [5, 5.41) is 7.01. The van der Waals surface area contributed by atoms with Crippen LogP contribution >= 0.6 is 0 Å². The van der Waals surface area contributed by atoms with Crippen LogP contribution in [0.4, 0.5) is 0 Å². The highest BCUT2D eigenvalue weighted by Gasteiger charge is 2.33. The maximum Gasteiger partial charge on any atom is 0.191 e. The highest BCUT2D eigenvalue weighted by Crippen LogP contribution is 2.28. The number of aliphatic imine (C=N–C) groups is 1. The number of nitrogens with zero attached hydrogens (tertiary/aromatic N) is 2. The Morgan fingerprint density at radius 2 is 1.90 bits per heavy atom. The Hall–Kier alpha value is -0.770. The Morgan fingerprint density at radius 3 is 2.30 bits per heavy atom.